The third-order valence-corrected chi connectivity index (χ3v) is 3.82. The van der Waals surface area contributed by atoms with E-state index in [0.29, 0.717) is 23.3 Å². The zero-order valence-electron chi connectivity index (χ0n) is 13.9. The lowest BCUT2D eigenvalue weighted by Crippen LogP contribution is -2.37. The molecule has 24 heavy (non-hydrogen) atoms. The Labute approximate surface area is 141 Å². The van der Waals surface area contributed by atoms with Crippen LogP contribution in [0.15, 0.2) is 48.5 Å². The van der Waals surface area contributed by atoms with Crippen LogP contribution < -0.4 is 11.1 Å². The summed E-state index contributed by atoms with van der Waals surface area (Å²) in [7, 11) is 1.61. The highest BCUT2D eigenvalue weighted by Crippen LogP contribution is 2.24. The van der Waals surface area contributed by atoms with Gasteiger partial charge in [-0.2, -0.15) is 0 Å². The first kappa shape index (κ1) is 17.7. The van der Waals surface area contributed by atoms with E-state index in [-0.39, 0.29) is 11.9 Å². The van der Waals surface area contributed by atoms with Gasteiger partial charge in [0.25, 0.3) is 5.91 Å². The second-order valence-electron chi connectivity index (χ2n) is 5.52. The van der Waals surface area contributed by atoms with Crippen molar-refractivity contribution in [2.45, 2.75) is 19.4 Å². The van der Waals surface area contributed by atoms with Crippen molar-refractivity contribution < 1.29 is 14.3 Å². The van der Waals surface area contributed by atoms with Crippen molar-refractivity contribution in [2.75, 3.05) is 13.7 Å². The standard InChI is InChI=1S/C19H22N2O3/c1-3-15(12-24-2)21-19(23)14-8-6-7-13(11-14)16-9-4-5-10-17(16)18(20)22/h4-11,15H,3,12H2,1-2H3,(H2,20,22)(H,21,23). The van der Waals surface area contributed by atoms with Crippen LogP contribution in [0.4, 0.5) is 0 Å². The molecule has 0 fully saturated rings. The number of hydrogen-bond acceptors (Lipinski definition) is 3. The summed E-state index contributed by atoms with van der Waals surface area (Å²) in [5, 5.41) is 2.94. The number of amides is 2. The molecule has 2 amide bonds. The minimum absolute atomic E-state index is 0.0379. The molecular weight excluding hydrogens is 304 g/mol. The zero-order valence-corrected chi connectivity index (χ0v) is 13.9. The highest BCUT2D eigenvalue weighted by Gasteiger charge is 2.14. The SMILES string of the molecule is CCC(COC)NC(=O)c1cccc(-c2ccccc2C(N)=O)c1. The van der Waals surface area contributed by atoms with Gasteiger partial charge >= 0.3 is 0 Å². The first-order valence-electron chi connectivity index (χ1n) is 7.85. The average Bonchev–Trinajstić information content (AvgIpc) is 2.61. The van der Waals surface area contributed by atoms with Crippen LogP contribution in [0.2, 0.25) is 0 Å². The molecule has 0 aliphatic rings. The summed E-state index contributed by atoms with van der Waals surface area (Å²) in [5.41, 5.74) is 7.88. The van der Waals surface area contributed by atoms with Gasteiger partial charge in [0.05, 0.1) is 12.6 Å². The van der Waals surface area contributed by atoms with Crippen molar-refractivity contribution in [1.82, 2.24) is 5.32 Å². The molecule has 0 saturated heterocycles. The molecule has 2 rings (SSSR count). The lowest BCUT2D eigenvalue weighted by Gasteiger charge is -2.16. The van der Waals surface area contributed by atoms with Crippen LogP contribution in [0, 0.1) is 0 Å². The molecule has 0 aliphatic heterocycles. The van der Waals surface area contributed by atoms with E-state index in [4.69, 9.17) is 10.5 Å². The van der Waals surface area contributed by atoms with Gasteiger partial charge in [-0.15, -0.1) is 0 Å². The third kappa shape index (κ3) is 4.20. The molecule has 2 aromatic carbocycles. The summed E-state index contributed by atoms with van der Waals surface area (Å²) in [4.78, 5) is 24.0. The molecule has 1 atom stereocenters. The van der Waals surface area contributed by atoms with Gasteiger partial charge in [0, 0.05) is 18.2 Å². The Morgan fingerprint density at radius 2 is 1.92 bits per heavy atom. The van der Waals surface area contributed by atoms with E-state index >= 15 is 0 Å². The Morgan fingerprint density at radius 1 is 1.17 bits per heavy atom. The molecule has 0 bridgehead atoms. The summed E-state index contributed by atoms with van der Waals surface area (Å²) in [6, 6.07) is 14.2. The molecular formula is C19H22N2O3. The average molecular weight is 326 g/mol. The number of carbonyl (C=O) groups excluding carboxylic acids is 2. The Kier molecular flexibility index (Phi) is 6.09. The Balaban J connectivity index is 2.29. The first-order chi connectivity index (χ1) is 11.6. The second-order valence-corrected chi connectivity index (χ2v) is 5.52. The van der Waals surface area contributed by atoms with Gasteiger partial charge < -0.3 is 15.8 Å². The van der Waals surface area contributed by atoms with Gasteiger partial charge in [-0.3, -0.25) is 9.59 Å². The number of benzene rings is 2. The highest BCUT2D eigenvalue weighted by atomic mass is 16.5. The predicted octanol–water partition coefficient (Wildman–Crippen LogP) is 2.61. The number of primary amides is 1. The van der Waals surface area contributed by atoms with Crippen molar-refractivity contribution in [3.8, 4) is 11.1 Å². The first-order valence-corrected chi connectivity index (χ1v) is 7.85. The summed E-state index contributed by atoms with van der Waals surface area (Å²) >= 11 is 0. The van der Waals surface area contributed by atoms with Gasteiger partial charge in [-0.05, 0) is 35.7 Å². The largest absolute Gasteiger partial charge is 0.383 e. The maximum Gasteiger partial charge on any atom is 0.251 e. The maximum absolute atomic E-state index is 12.4. The van der Waals surface area contributed by atoms with E-state index in [1.54, 1.807) is 37.4 Å². The quantitative estimate of drug-likeness (QED) is 0.820. The number of methoxy groups -OCH3 is 1. The second kappa shape index (κ2) is 8.26. The van der Waals surface area contributed by atoms with Crippen molar-refractivity contribution in [2.24, 2.45) is 5.73 Å². The fraction of sp³-hybridized carbons (Fsp3) is 0.263. The number of hydrogen-bond donors (Lipinski definition) is 2. The fourth-order valence-electron chi connectivity index (χ4n) is 2.51. The minimum atomic E-state index is -0.494. The highest BCUT2D eigenvalue weighted by molar-refractivity contribution is 6.01. The molecule has 1 unspecified atom stereocenters. The molecule has 0 heterocycles. The van der Waals surface area contributed by atoms with Gasteiger partial charge in [0.2, 0.25) is 5.91 Å². The Morgan fingerprint density at radius 3 is 2.58 bits per heavy atom. The zero-order chi connectivity index (χ0) is 17.5. The van der Waals surface area contributed by atoms with Crippen LogP contribution in [0.5, 0.6) is 0 Å². The number of nitrogens with one attached hydrogen (secondary N) is 1. The van der Waals surface area contributed by atoms with Crippen LogP contribution >= 0.6 is 0 Å². The lowest BCUT2D eigenvalue weighted by atomic mass is 9.97. The van der Waals surface area contributed by atoms with E-state index in [2.05, 4.69) is 5.32 Å². The Bertz CT molecular complexity index is 728. The van der Waals surface area contributed by atoms with Crippen molar-refractivity contribution in [1.29, 1.82) is 0 Å². The van der Waals surface area contributed by atoms with Crippen LogP contribution in [0.25, 0.3) is 11.1 Å². The summed E-state index contributed by atoms with van der Waals surface area (Å²) in [6.45, 7) is 2.45. The molecule has 3 N–H and O–H groups in total. The van der Waals surface area contributed by atoms with E-state index in [1.165, 1.54) is 0 Å². The smallest absolute Gasteiger partial charge is 0.251 e. The van der Waals surface area contributed by atoms with Crippen LogP contribution in [0.3, 0.4) is 0 Å². The number of carbonyl (C=O) groups is 2. The molecule has 0 aromatic heterocycles. The monoisotopic (exact) mass is 326 g/mol. The lowest BCUT2D eigenvalue weighted by molar-refractivity contribution is 0.0894. The van der Waals surface area contributed by atoms with Gasteiger partial charge in [0.1, 0.15) is 0 Å². The minimum Gasteiger partial charge on any atom is -0.383 e. The molecule has 5 nitrogen and oxygen atoms in total. The molecule has 5 heteroatoms. The normalized spacial score (nSPS) is 11.8. The molecule has 0 aliphatic carbocycles. The van der Waals surface area contributed by atoms with Gasteiger partial charge in [-0.25, -0.2) is 0 Å². The summed E-state index contributed by atoms with van der Waals surface area (Å²) in [6.07, 6.45) is 0.782. The fourth-order valence-corrected chi connectivity index (χ4v) is 2.51. The topological polar surface area (TPSA) is 81.4 Å². The van der Waals surface area contributed by atoms with Crippen molar-refractivity contribution >= 4 is 11.8 Å². The van der Waals surface area contributed by atoms with Crippen LogP contribution in [-0.4, -0.2) is 31.6 Å². The van der Waals surface area contributed by atoms with Crippen molar-refractivity contribution in [3.05, 3.63) is 59.7 Å². The number of rotatable bonds is 7. The van der Waals surface area contributed by atoms with Gasteiger partial charge in [-0.1, -0.05) is 37.3 Å². The third-order valence-electron chi connectivity index (χ3n) is 3.82. The predicted molar refractivity (Wildman–Crippen MR) is 93.8 cm³/mol. The molecule has 0 radical (unpaired) electrons. The maximum atomic E-state index is 12.4. The number of nitrogens with two attached hydrogens (primary N) is 1. The Hall–Kier alpha value is -2.66. The summed E-state index contributed by atoms with van der Waals surface area (Å²) in [5.74, 6) is -0.663. The number of ether oxygens (including phenoxy) is 1. The summed E-state index contributed by atoms with van der Waals surface area (Å²) < 4.78 is 5.10. The van der Waals surface area contributed by atoms with Crippen molar-refractivity contribution in [3.63, 3.8) is 0 Å². The molecule has 2 aromatic rings. The van der Waals surface area contributed by atoms with Crippen LogP contribution in [0.1, 0.15) is 34.1 Å². The van der Waals surface area contributed by atoms with E-state index < -0.39 is 5.91 Å². The van der Waals surface area contributed by atoms with E-state index in [9.17, 15) is 9.59 Å². The van der Waals surface area contributed by atoms with Crippen LogP contribution in [-0.2, 0) is 4.74 Å². The molecule has 0 saturated carbocycles. The van der Waals surface area contributed by atoms with E-state index in [1.807, 2.05) is 25.1 Å². The van der Waals surface area contributed by atoms with Gasteiger partial charge in [0.15, 0.2) is 0 Å². The van der Waals surface area contributed by atoms with E-state index in [0.717, 1.165) is 12.0 Å². The molecule has 0 spiro atoms. The molecule has 126 valence electrons.